The lowest BCUT2D eigenvalue weighted by Gasteiger charge is -2.55. The Morgan fingerprint density at radius 3 is 2.08 bits per heavy atom. The van der Waals surface area contributed by atoms with Crippen LogP contribution in [0.5, 0.6) is 0 Å². The third kappa shape index (κ3) is 2.53. The Morgan fingerprint density at radius 1 is 1.04 bits per heavy atom. The van der Waals surface area contributed by atoms with Gasteiger partial charge in [0, 0.05) is 6.07 Å². The summed E-state index contributed by atoms with van der Waals surface area (Å²) in [4.78, 5) is 12.1. The Morgan fingerprint density at radius 2 is 1.58 bits per heavy atom. The van der Waals surface area contributed by atoms with Gasteiger partial charge in [0.2, 0.25) is 5.91 Å². The van der Waals surface area contributed by atoms with Crippen molar-refractivity contribution in [1.29, 1.82) is 0 Å². The van der Waals surface area contributed by atoms with E-state index in [1.54, 1.807) is 0 Å². The molecule has 4 nitrogen and oxygen atoms in total. The first kappa shape index (κ1) is 16.0. The van der Waals surface area contributed by atoms with Crippen LogP contribution >= 0.6 is 0 Å². The lowest BCUT2D eigenvalue weighted by molar-refractivity contribution is -0.144. The summed E-state index contributed by atoms with van der Waals surface area (Å²) < 4.78 is 53.6. The third-order valence-electron chi connectivity index (χ3n) is 5.93. The second-order valence-corrected chi connectivity index (χ2v) is 9.36. The van der Waals surface area contributed by atoms with Crippen molar-refractivity contribution in [2.75, 3.05) is 0 Å². The van der Waals surface area contributed by atoms with E-state index in [9.17, 15) is 22.0 Å². The van der Waals surface area contributed by atoms with Gasteiger partial charge < -0.3 is 0 Å². The fourth-order valence-electron chi connectivity index (χ4n) is 5.37. The van der Waals surface area contributed by atoms with E-state index in [0.717, 1.165) is 31.4 Å². The zero-order valence-electron chi connectivity index (χ0n) is 13.1. The number of carbonyl (C=O) groups is 1. The average molecular weight is 355 g/mol. The summed E-state index contributed by atoms with van der Waals surface area (Å²) in [5.41, 5.74) is -0.641. The van der Waals surface area contributed by atoms with E-state index >= 15 is 0 Å². The Kier molecular flexibility index (Phi) is 3.50. The molecule has 0 heterocycles. The van der Waals surface area contributed by atoms with Crippen LogP contribution in [0, 0.1) is 34.8 Å². The van der Waals surface area contributed by atoms with E-state index in [4.69, 9.17) is 0 Å². The van der Waals surface area contributed by atoms with Crippen molar-refractivity contribution < 1.29 is 22.0 Å². The number of halogens is 2. The summed E-state index contributed by atoms with van der Waals surface area (Å²) in [6.07, 6.45) is 5.54. The fourth-order valence-corrected chi connectivity index (χ4v) is 6.50. The average Bonchev–Trinajstić information content (AvgIpc) is 2.44. The number of hydrogen-bond donors (Lipinski definition) is 1. The lowest BCUT2D eigenvalue weighted by Crippen LogP contribution is -2.54. The first-order chi connectivity index (χ1) is 11.3. The highest BCUT2D eigenvalue weighted by Gasteiger charge is 2.55. The molecule has 4 bridgehead atoms. The van der Waals surface area contributed by atoms with Gasteiger partial charge in [-0.15, -0.1) is 0 Å². The van der Waals surface area contributed by atoms with Crippen molar-refractivity contribution in [3.63, 3.8) is 0 Å². The van der Waals surface area contributed by atoms with Crippen molar-refractivity contribution in [1.82, 2.24) is 4.72 Å². The van der Waals surface area contributed by atoms with Crippen molar-refractivity contribution in [2.45, 2.75) is 43.4 Å². The van der Waals surface area contributed by atoms with E-state index in [1.807, 2.05) is 0 Å². The molecule has 4 aliphatic rings. The SMILES string of the molecule is O=C(NS(=O)(=O)c1ccc(F)cc1F)C12CC3CC(CC(C3)C1)C2. The first-order valence-electron chi connectivity index (χ1n) is 8.30. The lowest BCUT2D eigenvalue weighted by atomic mass is 9.49. The number of benzene rings is 1. The molecule has 1 amide bonds. The molecule has 130 valence electrons. The zero-order chi connectivity index (χ0) is 17.1. The van der Waals surface area contributed by atoms with Crippen LogP contribution in [-0.4, -0.2) is 14.3 Å². The summed E-state index contributed by atoms with van der Waals surface area (Å²) in [5.74, 6) is -1.10. The van der Waals surface area contributed by atoms with Gasteiger partial charge in [-0.1, -0.05) is 0 Å². The van der Waals surface area contributed by atoms with Gasteiger partial charge in [-0.3, -0.25) is 4.79 Å². The van der Waals surface area contributed by atoms with Crippen LogP contribution in [-0.2, 0) is 14.8 Å². The summed E-state index contributed by atoms with van der Waals surface area (Å²) in [7, 11) is -4.34. The second-order valence-electron chi connectivity index (χ2n) is 7.71. The monoisotopic (exact) mass is 355 g/mol. The molecule has 0 spiro atoms. The van der Waals surface area contributed by atoms with Crippen molar-refractivity contribution >= 4 is 15.9 Å². The van der Waals surface area contributed by atoms with Gasteiger partial charge in [0.1, 0.15) is 16.5 Å². The maximum atomic E-state index is 13.8. The van der Waals surface area contributed by atoms with E-state index in [-0.39, 0.29) is 0 Å². The molecule has 1 aromatic rings. The minimum atomic E-state index is -4.34. The minimum Gasteiger partial charge on any atom is -0.273 e. The van der Waals surface area contributed by atoms with E-state index in [0.29, 0.717) is 43.1 Å². The maximum absolute atomic E-state index is 13.8. The minimum absolute atomic E-state index is 0.493. The fraction of sp³-hybridized carbons (Fsp3) is 0.588. The smallest absolute Gasteiger partial charge is 0.266 e. The van der Waals surface area contributed by atoms with Crippen molar-refractivity contribution in [3.05, 3.63) is 29.8 Å². The molecule has 0 unspecified atom stereocenters. The van der Waals surface area contributed by atoms with Gasteiger partial charge in [-0.05, 0) is 68.4 Å². The predicted octanol–water partition coefficient (Wildman–Crippen LogP) is 2.99. The molecule has 0 atom stereocenters. The normalized spacial score (nSPS) is 34.3. The number of amides is 1. The molecule has 1 aromatic carbocycles. The van der Waals surface area contributed by atoms with Crippen LogP contribution in [0.3, 0.4) is 0 Å². The van der Waals surface area contributed by atoms with Crippen molar-refractivity contribution in [3.8, 4) is 0 Å². The van der Waals surface area contributed by atoms with Crippen LogP contribution in [0.4, 0.5) is 8.78 Å². The standard InChI is InChI=1S/C17H19F2NO3S/c18-13-1-2-15(14(19)6-13)24(22,23)20-16(21)17-7-10-3-11(8-17)5-12(4-10)9-17/h1-2,6,10-12H,3-5,7-9H2,(H,20,21). The molecular weight excluding hydrogens is 336 g/mol. The van der Waals surface area contributed by atoms with Gasteiger partial charge in [0.05, 0.1) is 5.41 Å². The summed E-state index contributed by atoms with van der Waals surface area (Å²) >= 11 is 0. The van der Waals surface area contributed by atoms with Crippen LogP contribution in [0.1, 0.15) is 38.5 Å². The molecule has 7 heteroatoms. The largest absolute Gasteiger partial charge is 0.273 e. The molecule has 0 aliphatic heterocycles. The van der Waals surface area contributed by atoms with Gasteiger partial charge >= 0.3 is 0 Å². The number of nitrogens with one attached hydrogen (secondary N) is 1. The molecule has 1 N–H and O–H groups in total. The molecule has 5 rings (SSSR count). The number of carbonyl (C=O) groups excluding carboxylic acids is 1. The quantitative estimate of drug-likeness (QED) is 0.907. The zero-order valence-corrected chi connectivity index (χ0v) is 13.9. The maximum Gasteiger partial charge on any atom is 0.266 e. The van der Waals surface area contributed by atoms with Crippen LogP contribution in [0.2, 0.25) is 0 Å². The van der Waals surface area contributed by atoms with Crippen molar-refractivity contribution in [2.24, 2.45) is 23.2 Å². The molecule has 0 saturated heterocycles. The molecule has 4 fully saturated rings. The van der Waals surface area contributed by atoms with Gasteiger partial charge in [-0.2, -0.15) is 0 Å². The van der Waals surface area contributed by atoms with Crippen LogP contribution in [0.25, 0.3) is 0 Å². The molecular formula is C17H19F2NO3S. The number of rotatable bonds is 3. The summed E-state index contributed by atoms with van der Waals surface area (Å²) in [6, 6.07) is 2.22. The van der Waals surface area contributed by atoms with E-state index in [1.165, 1.54) is 0 Å². The molecule has 4 aliphatic carbocycles. The van der Waals surface area contributed by atoms with Crippen LogP contribution < -0.4 is 4.72 Å². The highest BCUT2D eigenvalue weighted by molar-refractivity contribution is 7.90. The van der Waals surface area contributed by atoms with E-state index in [2.05, 4.69) is 4.72 Å². The topological polar surface area (TPSA) is 63.2 Å². The molecule has 24 heavy (non-hydrogen) atoms. The Hall–Kier alpha value is -1.50. The Bertz CT molecular complexity index is 771. The number of sulfonamides is 1. The summed E-state index contributed by atoms with van der Waals surface area (Å²) in [5, 5.41) is 0. The van der Waals surface area contributed by atoms with E-state index < -0.39 is 37.9 Å². The number of hydrogen-bond acceptors (Lipinski definition) is 3. The first-order valence-corrected chi connectivity index (χ1v) is 9.78. The Labute approximate surface area is 139 Å². The highest BCUT2D eigenvalue weighted by Crippen LogP contribution is 2.60. The third-order valence-corrected chi connectivity index (χ3v) is 7.29. The molecule has 0 aromatic heterocycles. The highest BCUT2D eigenvalue weighted by atomic mass is 32.2. The molecule has 4 saturated carbocycles. The van der Waals surface area contributed by atoms with Crippen LogP contribution in [0.15, 0.2) is 23.1 Å². The predicted molar refractivity (Wildman–Crippen MR) is 82.3 cm³/mol. The summed E-state index contributed by atoms with van der Waals surface area (Å²) in [6.45, 7) is 0. The van der Waals surface area contributed by atoms with Gasteiger partial charge in [0.25, 0.3) is 10.0 Å². The van der Waals surface area contributed by atoms with Gasteiger partial charge in [0.15, 0.2) is 0 Å². The second kappa shape index (κ2) is 5.25. The molecule has 0 radical (unpaired) electrons. The van der Waals surface area contributed by atoms with Gasteiger partial charge in [-0.25, -0.2) is 21.9 Å². The Balaban J connectivity index is 1.59.